The fourth-order valence-electron chi connectivity index (χ4n) is 3.98. The highest BCUT2D eigenvalue weighted by atomic mass is 19.1. The first-order valence-electron chi connectivity index (χ1n) is 12.2. The molecule has 188 valence electrons. The first-order valence-corrected chi connectivity index (χ1v) is 12.2. The van der Waals surface area contributed by atoms with E-state index >= 15 is 0 Å². The highest BCUT2D eigenvalue weighted by molar-refractivity contribution is 5.94. The van der Waals surface area contributed by atoms with Gasteiger partial charge < -0.3 is 10.4 Å². The number of hydrogen-bond donors (Lipinski definition) is 2. The lowest BCUT2D eigenvalue weighted by Gasteiger charge is -2.08. The van der Waals surface area contributed by atoms with Gasteiger partial charge in [-0.2, -0.15) is 0 Å². The lowest BCUT2D eigenvalue weighted by atomic mass is 9.98. The summed E-state index contributed by atoms with van der Waals surface area (Å²) in [5.41, 5.74) is 3.05. The largest absolute Gasteiger partial charge is 0.478 e. The van der Waals surface area contributed by atoms with Crippen LogP contribution in [0.1, 0.15) is 66.9 Å². The zero-order valence-corrected chi connectivity index (χ0v) is 20.4. The van der Waals surface area contributed by atoms with Crippen LogP contribution in [0.25, 0.3) is 23.3 Å². The molecule has 3 aromatic carbocycles. The molecule has 3 aromatic rings. The molecular weight excluding hydrogens is 459 g/mol. The number of nitrogens with one attached hydrogen (secondary N) is 1. The zero-order chi connectivity index (χ0) is 25.9. The van der Waals surface area contributed by atoms with Crippen molar-refractivity contribution in [2.75, 3.05) is 11.9 Å². The summed E-state index contributed by atoms with van der Waals surface area (Å²) in [7, 11) is 0. The number of carboxylic acids is 1. The number of unbranched alkanes of at least 4 members (excludes halogenated alkanes) is 5. The number of nitro benzene ring substituents is 1. The molecule has 2 N–H and O–H groups in total. The third kappa shape index (κ3) is 7.50. The molecule has 0 atom stereocenters. The van der Waals surface area contributed by atoms with Gasteiger partial charge >= 0.3 is 5.97 Å². The van der Waals surface area contributed by atoms with E-state index in [-0.39, 0.29) is 17.1 Å². The summed E-state index contributed by atoms with van der Waals surface area (Å²) in [4.78, 5) is 23.0. The summed E-state index contributed by atoms with van der Waals surface area (Å²) in [6.45, 7) is 2.84. The van der Waals surface area contributed by atoms with Gasteiger partial charge in [-0.05, 0) is 59.0 Å². The van der Waals surface area contributed by atoms with Crippen molar-refractivity contribution >= 4 is 29.5 Å². The Morgan fingerprint density at radius 3 is 2.33 bits per heavy atom. The topological polar surface area (TPSA) is 92.5 Å². The maximum atomic E-state index is 13.3. The van der Waals surface area contributed by atoms with E-state index in [2.05, 4.69) is 12.2 Å². The number of nitrogens with zero attached hydrogens (tertiary/aromatic N) is 1. The molecule has 0 unspecified atom stereocenters. The lowest BCUT2D eigenvalue weighted by molar-refractivity contribution is -0.384. The van der Waals surface area contributed by atoms with Crippen LogP contribution in [0, 0.1) is 15.9 Å². The Morgan fingerprint density at radius 1 is 0.944 bits per heavy atom. The second-order valence-corrected chi connectivity index (χ2v) is 8.68. The molecule has 0 aliphatic heterocycles. The summed E-state index contributed by atoms with van der Waals surface area (Å²) in [6, 6.07) is 15.7. The first kappa shape index (κ1) is 26.6. The Balaban J connectivity index is 1.77. The normalized spacial score (nSPS) is 11.1. The van der Waals surface area contributed by atoms with Crippen molar-refractivity contribution in [1.82, 2.24) is 0 Å². The van der Waals surface area contributed by atoms with Gasteiger partial charge in [0.2, 0.25) is 0 Å². The SMILES string of the molecule is CCCCCCCCNc1ccc(C=Cc2cc(-c3ccc(F)cc3)ccc2C(=O)O)cc1[N+](=O)[O-]. The Kier molecular flexibility index (Phi) is 9.74. The van der Waals surface area contributed by atoms with E-state index in [1.54, 1.807) is 48.6 Å². The minimum absolute atomic E-state index is 0.0262. The summed E-state index contributed by atoms with van der Waals surface area (Å²) in [6.07, 6.45) is 10.1. The van der Waals surface area contributed by atoms with Crippen LogP contribution in [0.2, 0.25) is 0 Å². The van der Waals surface area contributed by atoms with Gasteiger partial charge in [0, 0.05) is 12.6 Å². The van der Waals surface area contributed by atoms with Crippen molar-refractivity contribution in [3.05, 3.63) is 93.3 Å². The first-order chi connectivity index (χ1) is 17.4. The third-order valence-electron chi connectivity index (χ3n) is 5.98. The van der Waals surface area contributed by atoms with Crippen molar-refractivity contribution < 1.29 is 19.2 Å². The Bertz CT molecular complexity index is 1220. The van der Waals surface area contributed by atoms with Crippen LogP contribution in [0.3, 0.4) is 0 Å². The number of anilines is 1. The number of aromatic carboxylic acids is 1. The van der Waals surface area contributed by atoms with E-state index < -0.39 is 10.9 Å². The van der Waals surface area contributed by atoms with E-state index in [0.717, 1.165) is 24.0 Å². The number of benzene rings is 3. The van der Waals surface area contributed by atoms with E-state index in [0.29, 0.717) is 23.4 Å². The number of hydrogen-bond acceptors (Lipinski definition) is 4. The average Bonchev–Trinajstić information content (AvgIpc) is 2.87. The van der Waals surface area contributed by atoms with Crippen LogP contribution in [-0.4, -0.2) is 22.5 Å². The smallest absolute Gasteiger partial charge is 0.336 e. The monoisotopic (exact) mass is 490 g/mol. The van der Waals surface area contributed by atoms with Crippen molar-refractivity contribution in [3.63, 3.8) is 0 Å². The van der Waals surface area contributed by atoms with Gasteiger partial charge in [0.05, 0.1) is 10.5 Å². The van der Waals surface area contributed by atoms with E-state index in [1.807, 2.05) is 0 Å². The van der Waals surface area contributed by atoms with Gasteiger partial charge in [-0.3, -0.25) is 10.1 Å². The lowest BCUT2D eigenvalue weighted by Crippen LogP contribution is -2.04. The number of nitro groups is 1. The fraction of sp³-hybridized carbons (Fsp3) is 0.276. The summed E-state index contributed by atoms with van der Waals surface area (Å²) < 4.78 is 13.3. The standard InChI is InChI=1S/C29H31FN2O4/c1-2-3-4-5-6-7-18-31-27-17-9-21(19-28(27)32(35)36)8-10-24-20-23(13-16-26(24)29(33)34)22-11-14-25(30)15-12-22/h8-17,19-20,31H,2-7,18H2,1H3,(H,33,34). The van der Waals surface area contributed by atoms with Gasteiger partial charge in [0.1, 0.15) is 11.5 Å². The van der Waals surface area contributed by atoms with Crippen LogP contribution in [0.4, 0.5) is 15.8 Å². The summed E-state index contributed by atoms with van der Waals surface area (Å²) >= 11 is 0. The number of carboxylic acid groups (broad SMARTS) is 1. The molecule has 0 heterocycles. The van der Waals surface area contributed by atoms with Crippen molar-refractivity contribution in [2.45, 2.75) is 45.4 Å². The highest BCUT2D eigenvalue weighted by Gasteiger charge is 2.14. The summed E-state index contributed by atoms with van der Waals surface area (Å²) in [5.74, 6) is -1.44. The molecule has 36 heavy (non-hydrogen) atoms. The van der Waals surface area contributed by atoms with Gasteiger partial charge in [-0.25, -0.2) is 9.18 Å². The molecule has 0 bridgehead atoms. The predicted molar refractivity (Wildman–Crippen MR) is 143 cm³/mol. The fourth-order valence-corrected chi connectivity index (χ4v) is 3.98. The molecule has 0 saturated carbocycles. The highest BCUT2D eigenvalue weighted by Crippen LogP contribution is 2.28. The maximum Gasteiger partial charge on any atom is 0.336 e. The second kappa shape index (κ2) is 13.2. The Hall–Kier alpha value is -4.00. The van der Waals surface area contributed by atoms with Crippen LogP contribution in [0.15, 0.2) is 60.7 Å². The van der Waals surface area contributed by atoms with E-state index in [1.165, 1.54) is 49.9 Å². The van der Waals surface area contributed by atoms with Crippen LogP contribution < -0.4 is 5.32 Å². The Morgan fingerprint density at radius 2 is 1.64 bits per heavy atom. The molecule has 0 aliphatic rings. The van der Waals surface area contributed by atoms with Crippen molar-refractivity contribution in [2.24, 2.45) is 0 Å². The third-order valence-corrected chi connectivity index (χ3v) is 5.98. The molecule has 7 heteroatoms. The number of rotatable bonds is 13. The van der Waals surface area contributed by atoms with Gasteiger partial charge in [0.25, 0.3) is 5.69 Å². The van der Waals surface area contributed by atoms with Crippen molar-refractivity contribution in [1.29, 1.82) is 0 Å². The molecule has 3 rings (SSSR count). The van der Waals surface area contributed by atoms with E-state index in [9.17, 15) is 24.4 Å². The second-order valence-electron chi connectivity index (χ2n) is 8.68. The van der Waals surface area contributed by atoms with Gasteiger partial charge in [-0.15, -0.1) is 0 Å². The minimum Gasteiger partial charge on any atom is -0.478 e. The van der Waals surface area contributed by atoms with Crippen LogP contribution in [0.5, 0.6) is 0 Å². The minimum atomic E-state index is -1.08. The van der Waals surface area contributed by atoms with Crippen molar-refractivity contribution in [3.8, 4) is 11.1 Å². The molecule has 0 aromatic heterocycles. The zero-order valence-electron chi connectivity index (χ0n) is 20.4. The van der Waals surface area contributed by atoms with Crippen LogP contribution >= 0.6 is 0 Å². The summed E-state index contributed by atoms with van der Waals surface area (Å²) in [5, 5.41) is 24.4. The molecule has 0 fully saturated rings. The molecule has 6 nitrogen and oxygen atoms in total. The predicted octanol–water partition coefficient (Wildman–Crippen LogP) is 8.04. The molecule has 0 saturated heterocycles. The Labute approximate surface area is 210 Å². The number of halogens is 1. The maximum absolute atomic E-state index is 13.3. The van der Waals surface area contributed by atoms with Crippen LogP contribution in [-0.2, 0) is 0 Å². The molecule has 0 radical (unpaired) electrons. The quantitative estimate of drug-likeness (QED) is 0.109. The molecular formula is C29H31FN2O4. The van der Waals surface area contributed by atoms with Gasteiger partial charge in [0.15, 0.2) is 0 Å². The number of carbonyl (C=O) groups is 1. The molecule has 0 aliphatic carbocycles. The van der Waals surface area contributed by atoms with E-state index in [4.69, 9.17) is 0 Å². The molecule has 0 spiro atoms. The van der Waals surface area contributed by atoms with Gasteiger partial charge in [-0.1, -0.05) is 75.4 Å². The molecule has 0 amide bonds. The average molecular weight is 491 g/mol.